The summed E-state index contributed by atoms with van der Waals surface area (Å²) in [4.78, 5) is 24.4. The molecule has 0 saturated carbocycles. The average molecular weight is 428 g/mol. The van der Waals surface area contributed by atoms with E-state index in [0.29, 0.717) is 37.1 Å². The maximum absolute atomic E-state index is 13.2. The van der Waals surface area contributed by atoms with Crippen LogP contribution in [0.3, 0.4) is 0 Å². The molecule has 7 heteroatoms. The molecule has 0 aromatic heterocycles. The molecule has 30 heavy (non-hydrogen) atoms. The zero-order valence-corrected chi connectivity index (χ0v) is 18.0. The number of ketones is 1. The van der Waals surface area contributed by atoms with Crippen molar-refractivity contribution < 1.29 is 22.7 Å². The van der Waals surface area contributed by atoms with Crippen LogP contribution in [0.1, 0.15) is 35.1 Å². The van der Waals surface area contributed by atoms with Crippen molar-refractivity contribution in [3.8, 4) is 5.75 Å². The van der Waals surface area contributed by atoms with Crippen molar-refractivity contribution in [1.82, 2.24) is 4.31 Å². The van der Waals surface area contributed by atoms with Gasteiger partial charge in [0.1, 0.15) is 11.5 Å². The van der Waals surface area contributed by atoms with Crippen LogP contribution in [0.15, 0.2) is 41.3 Å². The molecule has 0 bridgehead atoms. The average Bonchev–Trinajstić information content (AvgIpc) is 3.10. The number of esters is 1. The minimum atomic E-state index is -3.76. The minimum Gasteiger partial charge on any atom is -0.426 e. The van der Waals surface area contributed by atoms with Gasteiger partial charge in [-0.25, -0.2) is 8.42 Å². The van der Waals surface area contributed by atoms with Crippen molar-refractivity contribution in [2.75, 3.05) is 13.1 Å². The van der Waals surface area contributed by atoms with E-state index in [-0.39, 0.29) is 35.5 Å². The van der Waals surface area contributed by atoms with Crippen LogP contribution in [0.25, 0.3) is 0 Å². The molecule has 2 aliphatic heterocycles. The fourth-order valence-electron chi connectivity index (χ4n) is 4.08. The number of carbonyl (C=O) groups is 2. The highest BCUT2D eigenvalue weighted by molar-refractivity contribution is 7.89. The Morgan fingerprint density at radius 3 is 2.70 bits per heavy atom. The van der Waals surface area contributed by atoms with E-state index in [1.54, 1.807) is 6.07 Å². The molecule has 0 radical (unpaired) electrons. The fourth-order valence-corrected chi connectivity index (χ4v) is 5.62. The molecular weight excluding hydrogens is 402 g/mol. The van der Waals surface area contributed by atoms with Gasteiger partial charge in [-0.05, 0) is 49.4 Å². The van der Waals surface area contributed by atoms with Gasteiger partial charge in [0.2, 0.25) is 10.0 Å². The molecule has 1 unspecified atom stereocenters. The predicted molar refractivity (Wildman–Crippen MR) is 112 cm³/mol. The number of hydrogen-bond donors (Lipinski definition) is 0. The molecule has 0 spiro atoms. The molecule has 1 fully saturated rings. The summed E-state index contributed by atoms with van der Waals surface area (Å²) in [6.45, 7) is 4.62. The SMILES string of the molecule is Cc1ccc(CC(=O)C2CCCN(S(=O)(=O)c3ccc4c(c3)OC(=O)C4)C2)cc1C. The summed E-state index contributed by atoms with van der Waals surface area (Å²) in [5, 5.41) is 0. The first-order valence-electron chi connectivity index (χ1n) is 10.2. The van der Waals surface area contributed by atoms with E-state index >= 15 is 0 Å². The Morgan fingerprint density at radius 2 is 1.93 bits per heavy atom. The van der Waals surface area contributed by atoms with Crippen LogP contribution in [0, 0.1) is 19.8 Å². The normalized spacial score (nSPS) is 19.4. The van der Waals surface area contributed by atoms with Gasteiger partial charge in [-0.1, -0.05) is 24.3 Å². The number of nitrogens with zero attached hydrogens (tertiary/aromatic N) is 1. The summed E-state index contributed by atoms with van der Waals surface area (Å²) >= 11 is 0. The lowest BCUT2D eigenvalue weighted by atomic mass is 9.91. The van der Waals surface area contributed by atoms with Gasteiger partial charge in [0, 0.05) is 37.1 Å². The second kappa shape index (κ2) is 7.96. The van der Waals surface area contributed by atoms with Crippen LogP contribution in [-0.2, 0) is 32.5 Å². The second-order valence-electron chi connectivity index (χ2n) is 8.18. The van der Waals surface area contributed by atoms with Crippen molar-refractivity contribution in [1.29, 1.82) is 0 Å². The van der Waals surface area contributed by atoms with E-state index in [4.69, 9.17) is 4.74 Å². The summed E-state index contributed by atoms with van der Waals surface area (Å²) < 4.78 is 32.8. The molecule has 0 amide bonds. The lowest BCUT2D eigenvalue weighted by Crippen LogP contribution is -2.42. The quantitative estimate of drug-likeness (QED) is 0.541. The monoisotopic (exact) mass is 427 g/mol. The van der Waals surface area contributed by atoms with Crippen molar-refractivity contribution in [3.05, 3.63) is 58.7 Å². The van der Waals surface area contributed by atoms with Crippen LogP contribution < -0.4 is 4.74 Å². The van der Waals surface area contributed by atoms with Crippen molar-refractivity contribution in [2.45, 2.75) is 44.4 Å². The number of hydrogen-bond acceptors (Lipinski definition) is 5. The van der Waals surface area contributed by atoms with Crippen LogP contribution in [0.4, 0.5) is 0 Å². The number of Topliss-reactive ketones (excluding diaryl/α,β-unsaturated/α-hetero) is 1. The van der Waals surface area contributed by atoms with Gasteiger partial charge in [-0.2, -0.15) is 4.31 Å². The zero-order chi connectivity index (χ0) is 21.5. The Morgan fingerprint density at radius 1 is 1.13 bits per heavy atom. The van der Waals surface area contributed by atoms with Gasteiger partial charge in [0.05, 0.1) is 11.3 Å². The Bertz CT molecular complexity index is 1120. The highest BCUT2D eigenvalue weighted by Gasteiger charge is 2.34. The largest absolute Gasteiger partial charge is 0.426 e. The number of benzene rings is 2. The maximum atomic E-state index is 13.2. The zero-order valence-electron chi connectivity index (χ0n) is 17.2. The van der Waals surface area contributed by atoms with Gasteiger partial charge in [0.15, 0.2) is 0 Å². The topological polar surface area (TPSA) is 80.8 Å². The highest BCUT2D eigenvalue weighted by atomic mass is 32.2. The third-order valence-corrected chi connectivity index (χ3v) is 7.89. The Kier molecular flexibility index (Phi) is 5.51. The van der Waals surface area contributed by atoms with E-state index in [0.717, 1.165) is 11.1 Å². The Balaban J connectivity index is 1.49. The predicted octanol–water partition coefficient (Wildman–Crippen LogP) is 2.98. The molecule has 2 aliphatic rings. The van der Waals surface area contributed by atoms with Crippen molar-refractivity contribution >= 4 is 21.8 Å². The Labute approximate surface area is 176 Å². The molecule has 6 nitrogen and oxygen atoms in total. The van der Waals surface area contributed by atoms with Gasteiger partial charge >= 0.3 is 5.97 Å². The fraction of sp³-hybridized carbons (Fsp3) is 0.391. The first-order chi connectivity index (χ1) is 14.2. The van der Waals surface area contributed by atoms with E-state index in [1.807, 2.05) is 32.0 Å². The maximum Gasteiger partial charge on any atom is 0.315 e. The van der Waals surface area contributed by atoms with Crippen LogP contribution in [0.5, 0.6) is 5.75 Å². The number of fused-ring (bicyclic) bond motifs is 1. The minimum absolute atomic E-state index is 0.0704. The third kappa shape index (κ3) is 4.04. The molecule has 158 valence electrons. The lowest BCUT2D eigenvalue weighted by Gasteiger charge is -2.31. The van der Waals surface area contributed by atoms with E-state index in [1.165, 1.54) is 22.0 Å². The van der Waals surface area contributed by atoms with Crippen LogP contribution >= 0.6 is 0 Å². The molecule has 4 rings (SSSR count). The van der Waals surface area contributed by atoms with Crippen molar-refractivity contribution in [3.63, 3.8) is 0 Å². The number of piperidine rings is 1. The van der Waals surface area contributed by atoms with Crippen molar-refractivity contribution in [2.24, 2.45) is 5.92 Å². The third-order valence-electron chi connectivity index (χ3n) is 6.02. The summed E-state index contributed by atoms with van der Waals surface area (Å²) in [5.41, 5.74) is 3.98. The highest BCUT2D eigenvalue weighted by Crippen LogP contribution is 2.31. The molecule has 2 heterocycles. The first kappa shape index (κ1) is 20.8. The summed E-state index contributed by atoms with van der Waals surface area (Å²) in [7, 11) is -3.76. The number of aryl methyl sites for hydroxylation is 2. The summed E-state index contributed by atoms with van der Waals surface area (Å²) in [5.74, 6) is -0.321. The molecule has 0 N–H and O–H groups in total. The lowest BCUT2D eigenvalue weighted by molar-refractivity contribution is -0.132. The molecule has 0 aliphatic carbocycles. The summed E-state index contributed by atoms with van der Waals surface area (Å²) in [6.07, 6.45) is 1.81. The molecule has 2 aromatic rings. The number of ether oxygens (including phenoxy) is 1. The van der Waals surface area contributed by atoms with Gasteiger partial charge in [-0.15, -0.1) is 0 Å². The Hall–Kier alpha value is -2.51. The first-order valence-corrected chi connectivity index (χ1v) is 11.6. The van der Waals surface area contributed by atoms with Gasteiger partial charge in [-0.3, -0.25) is 9.59 Å². The van der Waals surface area contributed by atoms with Crippen LogP contribution in [0.2, 0.25) is 0 Å². The van der Waals surface area contributed by atoms with Gasteiger partial charge in [0.25, 0.3) is 0 Å². The number of sulfonamides is 1. The molecule has 1 saturated heterocycles. The van der Waals surface area contributed by atoms with E-state index in [9.17, 15) is 18.0 Å². The second-order valence-corrected chi connectivity index (χ2v) is 10.1. The molecular formula is C23H25NO5S. The van der Waals surface area contributed by atoms with E-state index < -0.39 is 10.0 Å². The van der Waals surface area contributed by atoms with Crippen LogP contribution in [-0.4, -0.2) is 37.6 Å². The summed E-state index contributed by atoms with van der Waals surface area (Å²) in [6, 6.07) is 10.5. The van der Waals surface area contributed by atoms with E-state index in [2.05, 4.69) is 0 Å². The molecule has 1 atom stereocenters. The van der Waals surface area contributed by atoms with Gasteiger partial charge < -0.3 is 4.74 Å². The standard InChI is InChI=1S/C23H25NO5S/c1-15-5-6-17(10-16(15)2)11-21(25)19-4-3-9-24(14-19)30(27,28)20-8-7-18-12-23(26)29-22(18)13-20/h5-8,10,13,19H,3-4,9,11-12,14H2,1-2H3. The smallest absolute Gasteiger partial charge is 0.315 e. The number of rotatable bonds is 5. The molecule has 2 aromatic carbocycles. The number of carbonyl (C=O) groups excluding carboxylic acids is 2.